The molecule has 0 aromatic heterocycles. The van der Waals surface area contributed by atoms with Crippen molar-refractivity contribution in [1.29, 1.82) is 0 Å². The Hall–Kier alpha value is 0.0169. The highest BCUT2D eigenvalue weighted by molar-refractivity contribution is 6.67. The first-order valence-corrected chi connectivity index (χ1v) is 11.4. The highest BCUT2D eigenvalue weighted by atomic mass is 28.4. The van der Waals surface area contributed by atoms with Gasteiger partial charge in [-0.1, -0.05) is 20.8 Å². The van der Waals surface area contributed by atoms with Gasteiger partial charge in [0.25, 0.3) is 0 Å². The van der Waals surface area contributed by atoms with Gasteiger partial charge in [-0.05, 0) is 72.2 Å². The van der Waals surface area contributed by atoms with Crippen molar-refractivity contribution < 1.29 is 8.85 Å². The zero-order valence-corrected chi connectivity index (χ0v) is 17.7. The normalized spacial score (nSPS) is 12.8. The second kappa shape index (κ2) is 13.3. The van der Waals surface area contributed by atoms with Gasteiger partial charge in [0.1, 0.15) is 0 Å². The van der Waals surface area contributed by atoms with E-state index in [4.69, 9.17) is 8.85 Å². The zero-order chi connectivity index (χ0) is 17.7. The molecule has 0 atom stereocenters. The average Bonchev–Trinajstić information content (AvgIpc) is 2.58. The Morgan fingerprint density at radius 2 is 1.17 bits per heavy atom. The third-order valence-corrected chi connectivity index (χ3v) is 8.35. The topological polar surface area (TPSA) is 28.2 Å². The monoisotopic (exact) mass is 347 g/mol. The fourth-order valence-electron chi connectivity index (χ4n) is 2.67. The van der Waals surface area contributed by atoms with Crippen molar-refractivity contribution in [3.05, 3.63) is 0 Å². The van der Waals surface area contributed by atoms with Gasteiger partial charge in [-0.25, -0.2) is 0 Å². The summed E-state index contributed by atoms with van der Waals surface area (Å²) in [6, 6.07) is 1.00. The molecule has 0 saturated carbocycles. The fraction of sp³-hybridized carbons (Fsp3) is 1.00. The molecule has 0 saturated heterocycles. The van der Waals surface area contributed by atoms with Crippen LogP contribution in [0.2, 0.25) is 6.04 Å². The Morgan fingerprint density at radius 3 is 1.48 bits per heavy atom. The third kappa shape index (κ3) is 9.79. The molecule has 0 aliphatic heterocycles. The molecule has 0 unspecified atom stereocenters. The lowest BCUT2D eigenvalue weighted by atomic mass is 10.3. The van der Waals surface area contributed by atoms with Gasteiger partial charge in [-0.2, -0.15) is 0 Å². The Kier molecular flexibility index (Phi) is 13.3. The molecule has 0 N–H and O–H groups in total. The van der Waals surface area contributed by atoms with Crippen molar-refractivity contribution >= 4 is 8.56 Å². The number of nitrogens with zero attached hydrogens (tertiary/aromatic N) is 3. The molecule has 0 aliphatic rings. The molecule has 140 valence electrons. The molecule has 5 nitrogen and oxygen atoms in total. The molecule has 0 amide bonds. The summed E-state index contributed by atoms with van der Waals surface area (Å²) in [4.78, 5) is 7.32. The van der Waals surface area contributed by atoms with Crippen LogP contribution >= 0.6 is 0 Å². The van der Waals surface area contributed by atoms with Crippen molar-refractivity contribution in [2.45, 2.75) is 39.7 Å². The van der Waals surface area contributed by atoms with Crippen molar-refractivity contribution in [3.8, 4) is 0 Å². The summed E-state index contributed by atoms with van der Waals surface area (Å²) in [5.74, 6) is 0. The maximum absolute atomic E-state index is 5.82. The largest absolute Gasteiger partial charge is 0.397 e. The lowest BCUT2D eigenvalue weighted by Gasteiger charge is -2.33. The predicted octanol–water partition coefficient (Wildman–Crippen LogP) is 2.27. The van der Waals surface area contributed by atoms with Gasteiger partial charge in [0.15, 0.2) is 0 Å². The fourth-order valence-corrected chi connectivity index (χ4v) is 4.89. The minimum absolute atomic E-state index is 0.974. The van der Waals surface area contributed by atoms with Crippen LogP contribution in [0.3, 0.4) is 0 Å². The summed E-state index contributed by atoms with van der Waals surface area (Å²) >= 11 is 0. The van der Waals surface area contributed by atoms with Gasteiger partial charge in [-0.15, -0.1) is 0 Å². The van der Waals surface area contributed by atoms with Crippen LogP contribution in [0.25, 0.3) is 0 Å². The van der Waals surface area contributed by atoms with Crippen molar-refractivity contribution in [1.82, 2.24) is 14.7 Å². The molecule has 6 heteroatoms. The van der Waals surface area contributed by atoms with Crippen LogP contribution in [-0.4, -0.2) is 97.0 Å². The Balaban J connectivity index is 4.52. The lowest BCUT2D eigenvalue weighted by Crippen LogP contribution is -2.51. The average molecular weight is 348 g/mol. The quantitative estimate of drug-likeness (QED) is 0.424. The van der Waals surface area contributed by atoms with Crippen LogP contribution in [0.5, 0.6) is 0 Å². The van der Waals surface area contributed by atoms with Crippen LogP contribution in [-0.2, 0) is 8.85 Å². The number of hydrogen-bond donors (Lipinski definition) is 0. The van der Waals surface area contributed by atoms with Crippen LogP contribution < -0.4 is 0 Å². The van der Waals surface area contributed by atoms with Gasteiger partial charge in [0, 0.05) is 20.4 Å². The summed E-state index contributed by atoms with van der Waals surface area (Å²) < 4.78 is 11.6. The van der Waals surface area contributed by atoms with Crippen molar-refractivity contribution in [2.75, 3.05) is 73.8 Å². The summed E-state index contributed by atoms with van der Waals surface area (Å²) in [6.07, 6.45) is 3.38. The summed E-state index contributed by atoms with van der Waals surface area (Å²) in [5.41, 5.74) is 0. The molecule has 0 heterocycles. The SMILES string of the molecule is CCN(C)CCCN(CCCN(C)CC)C[Si](CC)(OC)OC. The maximum Gasteiger partial charge on any atom is 0.351 e. The summed E-state index contributed by atoms with van der Waals surface area (Å²) in [5, 5.41) is 0. The Bertz CT molecular complexity index is 254. The van der Waals surface area contributed by atoms with Crippen molar-refractivity contribution in [2.24, 2.45) is 0 Å². The maximum atomic E-state index is 5.82. The Morgan fingerprint density at radius 1 is 0.739 bits per heavy atom. The van der Waals surface area contributed by atoms with E-state index < -0.39 is 8.56 Å². The first-order valence-electron chi connectivity index (χ1n) is 9.16. The van der Waals surface area contributed by atoms with Gasteiger partial charge >= 0.3 is 8.56 Å². The van der Waals surface area contributed by atoms with Gasteiger partial charge in [0.2, 0.25) is 0 Å². The van der Waals surface area contributed by atoms with Gasteiger partial charge in [-0.3, -0.25) is 0 Å². The summed E-state index contributed by atoms with van der Waals surface area (Å²) in [7, 11) is 5.95. The van der Waals surface area contributed by atoms with Gasteiger partial charge < -0.3 is 23.6 Å². The van der Waals surface area contributed by atoms with E-state index in [1.54, 1.807) is 0 Å². The van der Waals surface area contributed by atoms with E-state index in [9.17, 15) is 0 Å². The molecule has 0 spiro atoms. The first kappa shape index (κ1) is 23.0. The Labute approximate surface area is 146 Å². The lowest BCUT2D eigenvalue weighted by molar-refractivity contribution is 0.192. The van der Waals surface area contributed by atoms with Crippen LogP contribution in [0.1, 0.15) is 33.6 Å². The smallest absolute Gasteiger partial charge is 0.351 e. The van der Waals surface area contributed by atoms with E-state index in [0.29, 0.717) is 0 Å². The molecule has 0 aliphatic carbocycles. The van der Waals surface area contributed by atoms with Crippen LogP contribution in [0.4, 0.5) is 0 Å². The molecular weight excluding hydrogens is 306 g/mol. The minimum atomic E-state index is -2.05. The molecule has 0 aromatic rings. The number of rotatable bonds is 15. The van der Waals surface area contributed by atoms with E-state index in [0.717, 1.165) is 51.5 Å². The third-order valence-electron chi connectivity index (χ3n) is 4.86. The highest BCUT2D eigenvalue weighted by Crippen LogP contribution is 2.14. The second-order valence-electron chi connectivity index (χ2n) is 6.45. The molecular formula is C17H41N3O2Si. The van der Waals surface area contributed by atoms with Crippen molar-refractivity contribution in [3.63, 3.8) is 0 Å². The van der Waals surface area contributed by atoms with Gasteiger partial charge in [0.05, 0.1) is 0 Å². The van der Waals surface area contributed by atoms with E-state index in [2.05, 4.69) is 49.6 Å². The highest BCUT2D eigenvalue weighted by Gasteiger charge is 2.35. The van der Waals surface area contributed by atoms with E-state index in [1.807, 2.05) is 14.2 Å². The van der Waals surface area contributed by atoms with E-state index >= 15 is 0 Å². The number of hydrogen-bond acceptors (Lipinski definition) is 5. The molecule has 0 bridgehead atoms. The zero-order valence-electron chi connectivity index (χ0n) is 16.7. The molecule has 0 fully saturated rings. The van der Waals surface area contributed by atoms with E-state index in [1.165, 1.54) is 12.8 Å². The van der Waals surface area contributed by atoms with Crippen LogP contribution in [0, 0.1) is 0 Å². The molecule has 23 heavy (non-hydrogen) atoms. The minimum Gasteiger partial charge on any atom is -0.397 e. The molecule has 0 rings (SSSR count). The molecule has 0 aromatic carbocycles. The molecule has 0 radical (unpaired) electrons. The first-order chi connectivity index (χ1) is 11.0. The standard InChI is InChI=1S/C17H41N3O2Si/c1-8-18(4)13-11-15-20(16-12-14-19(5)9-2)17-23(10-3,21-6)22-7/h8-17H2,1-7H3. The second-order valence-corrected chi connectivity index (χ2v) is 10.1. The van der Waals surface area contributed by atoms with E-state index in [-0.39, 0.29) is 0 Å². The van der Waals surface area contributed by atoms with Crippen LogP contribution in [0.15, 0.2) is 0 Å². The predicted molar refractivity (Wildman–Crippen MR) is 102 cm³/mol. The summed E-state index contributed by atoms with van der Waals surface area (Å²) in [6.45, 7) is 13.4.